The van der Waals surface area contributed by atoms with Gasteiger partial charge < -0.3 is 5.32 Å². The van der Waals surface area contributed by atoms with Crippen molar-refractivity contribution >= 4 is 28.3 Å². The maximum Gasteiger partial charge on any atom is 0.203 e. The summed E-state index contributed by atoms with van der Waals surface area (Å²) in [5.41, 5.74) is 0.660. The lowest BCUT2D eigenvalue weighted by atomic mass is 10.2. The SMILES string of the molecule is Fc1ccc(-c2nsc(NC3CC3)n2)c(Cl)c1. The Hall–Kier alpha value is -1.20. The van der Waals surface area contributed by atoms with Crippen LogP contribution in [-0.4, -0.2) is 15.4 Å². The van der Waals surface area contributed by atoms with Crippen molar-refractivity contribution in [3.8, 4) is 11.4 Å². The Balaban J connectivity index is 1.89. The second-order valence-corrected chi connectivity index (χ2v) is 5.12. The second kappa shape index (κ2) is 4.23. The van der Waals surface area contributed by atoms with E-state index in [1.165, 1.54) is 36.5 Å². The first kappa shape index (κ1) is 10.9. The van der Waals surface area contributed by atoms with E-state index in [1.807, 2.05) is 0 Å². The topological polar surface area (TPSA) is 37.8 Å². The molecule has 0 unspecified atom stereocenters. The van der Waals surface area contributed by atoms with Crippen molar-refractivity contribution in [2.75, 3.05) is 5.32 Å². The summed E-state index contributed by atoms with van der Waals surface area (Å²) in [4.78, 5) is 4.34. The van der Waals surface area contributed by atoms with Gasteiger partial charge in [0.1, 0.15) is 5.82 Å². The number of halogens is 2. The molecule has 0 saturated heterocycles. The molecule has 1 fully saturated rings. The maximum absolute atomic E-state index is 12.9. The van der Waals surface area contributed by atoms with Crippen molar-refractivity contribution in [1.82, 2.24) is 9.36 Å². The molecule has 0 amide bonds. The third kappa shape index (κ3) is 2.40. The third-order valence-corrected chi connectivity index (χ3v) is 3.46. The zero-order valence-corrected chi connectivity index (χ0v) is 10.4. The Morgan fingerprint density at radius 2 is 2.24 bits per heavy atom. The molecular formula is C11H9ClFN3S. The van der Waals surface area contributed by atoms with E-state index in [-0.39, 0.29) is 5.82 Å². The summed E-state index contributed by atoms with van der Waals surface area (Å²) in [6.45, 7) is 0. The average Bonchev–Trinajstić information content (AvgIpc) is 2.96. The van der Waals surface area contributed by atoms with Gasteiger partial charge in [-0.2, -0.15) is 9.36 Å². The molecule has 0 bridgehead atoms. The van der Waals surface area contributed by atoms with E-state index in [0.29, 0.717) is 22.5 Å². The van der Waals surface area contributed by atoms with Crippen LogP contribution in [0.5, 0.6) is 0 Å². The van der Waals surface area contributed by atoms with E-state index in [2.05, 4.69) is 14.7 Å². The van der Waals surface area contributed by atoms with Crippen molar-refractivity contribution in [3.63, 3.8) is 0 Å². The minimum atomic E-state index is -0.356. The Labute approximate surface area is 107 Å². The van der Waals surface area contributed by atoms with Crippen LogP contribution in [-0.2, 0) is 0 Å². The highest BCUT2D eigenvalue weighted by molar-refractivity contribution is 7.09. The molecule has 17 heavy (non-hydrogen) atoms. The van der Waals surface area contributed by atoms with Crippen molar-refractivity contribution in [2.24, 2.45) is 0 Å². The zero-order chi connectivity index (χ0) is 11.8. The molecule has 1 heterocycles. The standard InChI is InChI=1S/C11H9ClFN3S/c12-9-5-6(13)1-4-8(9)10-15-11(17-16-10)14-7-2-3-7/h1,4-5,7H,2-3H2,(H,14,15,16). The lowest BCUT2D eigenvalue weighted by Crippen LogP contribution is -1.99. The van der Waals surface area contributed by atoms with Gasteiger partial charge in [-0.1, -0.05) is 11.6 Å². The highest BCUT2D eigenvalue weighted by Crippen LogP contribution is 2.30. The maximum atomic E-state index is 12.9. The van der Waals surface area contributed by atoms with Gasteiger partial charge in [0.25, 0.3) is 0 Å². The van der Waals surface area contributed by atoms with E-state index in [4.69, 9.17) is 11.6 Å². The quantitative estimate of drug-likeness (QED) is 0.926. The summed E-state index contributed by atoms with van der Waals surface area (Å²) in [6.07, 6.45) is 2.37. The Morgan fingerprint density at radius 1 is 1.41 bits per heavy atom. The normalized spacial score (nSPS) is 14.9. The van der Waals surface area contributed by atoms with Crippen molar-refractivity contribution in [1.29, 1.82) is 0 Å². The van der Waals surface area contributed by atoms with Crippen LogP contribution in [0, 0.1) is 5.82 Å². The van der Waals surface area contributed by atoms with Crippen LogP contribution >= 0.6 is 23.1 Å². The van der Waals surface area contributed by atoms with Gasteiger partial charge in [0.15, 0.2) is 5.82 Å². The first-order valence-electron chi connectivity index (χ1n) is 5.28. The van der Waals surface area contributed by atoms with Crippen LogP contribution < -0.4 is 5.32 Å². The Morgan fingerprint density at radius 3 is 2.94 bits per heavy atom. The average molecular weight is 270 g/mol. The van der Waals surface area contributed by atoms with Crippen LogP contribution in [0.2, 0.25) is 5.02 Å². The van der Waals surface area contributed by atoms with E-state index < -0.39 is 0 Å². The molecule has 1 aliphatic carbocycles. The number of nitrogens with zero attached hydrogens (tertiary/aromatic N) is 2. The third-order valence-electron chi connectivity index (χ3n) is 2.50. The molecule has 3 nitrogen and oxygen atoms in total. The smallest absolute Gasteiger partial charge is 0.203 e. The Kier molecular flexibility index (Phi) is 2.72. The molecule has 3 rings (SSSR count). The molecule has 2 aromatic rings. The molecule has 1 aromatic carbocycles. The number of hydrogen-bond acceptors (Lipinski definition) is 4. The minimum Gasteiger partial charge on any atom is -0.358 e. The molecule has 0 radical (unpaired) electrons. The summed E-state index contributed by atoms with van der Waals surface area (Å²) in [6, 6.07) is 4.77. The number of rotatable bonds is 3. The summed E-state index contributed by atoms with van der Waals surface area (Å²) in [5, 5.41) is 4.39. The second-order valence-electron chi connectivity index (χ2n) is 3.97. The fraction of sp³-hybridized carbons (Fsp3) is 0.273. The first-order chi connectivity index (χ1) is 8.22. The molecule has 1 saturated carbocycles. The number of hydrogen-bond donors (Lipinski definition) is 1. The minimum absolute atomic E-state index is 0.334. The van der Waals surface area contributed by atoms with Crippen molar-refractivity contribution in [3.05, 3.63) is 29.0 Å². The van der Waals surface area contributed by atoms with E-state index in [0.717, 1.165) is 5.13 Å². The van der Waals surface area contributed by atoms with Crippen LogP contribution in [0.3, 0.4) is 0 Å². The van der Waals surface area contributed by atoms with E-state index in [9.17, 15) is 4.39 Å². The largest absolute Gasteiger partial charge is 0.358 e. The lowest BCUT2D eigenvalue weighted by Gasteiger charge is -1.99. The molecule has 6 heteroatoms. The van der Waals surface area contributed by atoms with Gasteiger partial charge in [-0.05, 0) is 31.0 Å². The van der Waals surface area contributed by atoms with Crippen LogP contribution in [0.15, 0.2) is 18.2 Å². The molecule has 0 spiro atoms. The number of nitrogens with one attached hydrogen (secondary N) is 1. The van der Waals surface area contributed by atoms with Gasteiger partial charge in [0.2, 0.25) is 5.13 Å². The first-order valence-corrected chi connectivity index (χ1v) is 6.43. The molecule has 88 valence electrons. The predicted octanol–water partition coefficient (Wildman–Crippen LogP) is 3.57. The summed E-state index contributed by atoms with van der Waals surface area (Å²) in [5.74, 6) is 0.188. The van der Waals surface area contributed by atoms with Gasteiger partial charge in [0.05, 0.1) is 5.02 Å². The molecule has 1 N–H and O–H groups in total. The summed E-state index contributed by atoms with van der Waals surface area (Å²) >= 11 is 7.26. The Bertz CT molecular complexity index is 553. The van der Waals surface area contributed by atoms with E-state index in [1.54, 1.807) is 6.07 Å². The van der Waals surface area contributed by atoms with Crippen LogP contribution in [0.1, 0.15) is 12.8 Å². The highest BCUT2D eigenvalue weighted by atomic mass is 35.5. The number of benzene rings is 1. The van der Waals surface area contributed by atoms with Crippen LogP contribution in [0.4, 0.5) is 9.52 Å². The fourth-order valence-corrected chi connectivity index (χ4v) is 2.38. The van der Waals surface area contributed by atoms with Gasteiger partial charge >= 0.3 is 0 Å². The van der Waals surface area contributed by atoms with Gasteiger partial charge in [0, 0.05) is 23.1 Å². The monoisotopic (exact) mass is 269 g/mol. The molecule has 0 aliphatic heterocycles. The zero-order valence-electron chi connectivity index (χ0n) is 8.78. The van der Waals surface area contributed by atoms with Gasteiger partial charge in [-0.3, -0.25) is 0 Å². The summed E-state index contributed by atoms with van der Waals surface area (Å²) in [7, 11) is 0. The van der Waals surface area contributed by atoms with Gasteiger partial charge in [-0.25, -0.2) is 4.39 Å². The van der Waals surface area contributed by atoms with Crippen LogP contribution in [0.25, 0.3) is 11.4 Å². The van der Waals surface area contributed by atoms with Gasteiger partial charge in [-0.15, -0.1) is 0 Å². The lowest BCUT2D eigenvalue weighted by molar-refractivity contribution is 0.628. The molecular weight excluding hydrogens is 261 g/mol. The van der Waals surface area contributed by atoms with Crippen molar-refractivity contribution in [2.45, 2.75) is 18.9 Å². The number of aromatic nitrogens is 2. The summed E-state index contributed by atoms with van der Waals surface area (Å²) < 4.78 is 17.1. The molecule has 0 atom stereocenters. The highest BCUT2D eigenvalue weighted by Gasteiger charge is 2.22. The van der Waals surface area contributed by atoms with E-state index >= 15 is 0 Å². The fourth-order valence-electron chi connectivity index (χ4n) is 1.46. The predicted molar refractivity (Wildman–Crippen MR) is 67.0 cm³/mol. The molecule has 1 aromatic heterocycles. The number of anilines is 1. The molecule has 1 aliphatic rings. The van der Waals surface area contributed by atoms with Crippen molar-refractivity contribution < 1.29 is 4.39 Å².